The van der Waals surface area contributed by atoms with E-state index in [9.17, 15) is 9.18 Å². The van der Waals surface area contributed by atoms with Gasteiger partial charge in [-0.2, -0.15) is 5.10 Å². The monoisotopic (exact) mass is 329 g/mol. The Kier molecular flexibility index (Phi) is 4.39. The molecule has 0 aliphatic rings. The second-order valence-electron chi connectivity index (χ2n) is 4.99. The minimum Gasteiger partial charge on any atom is -0.305 e. The van der Waals surface area contributed by atoms with Crippen LogP contribution in [0.5, 0.6) is 0 Å². The van der Waals surface area contributed by atoms with Gasteiger partial charge in [0.2, 0.25) is 0 Å². The van der Waals surface area contributed by atoms with Crippen molar-refractivity contribution >= 4 is 23.3 Å². The van der Waals surface area contributed by atoms with Gasteiger partial charge in [0.15, 0.2) is 5.82 Å². The van der Waals surface area contributed by atoms with Crippen LogP contribution >= 0.6 is 11.6 Å². The minimum atomic E-state index is -0.453. The highest BCUT2D eigenvalue weighted by Gasteiger charge is 2.09. The van der Waals surface area contributed by atoms with Gasteiger partial charge >= 0.3 is 0 Å². The minimum absolute atomic E-state index is 0.247. The highest BCUT2D eigenvalue weighted by Crippen LogP contribution is 2.12. The number of hydrogen-bond donors (Lipinski definition) is 1. The summed E-state index contributed by atoms with van der Waals surface area (Å²) in [6, 6.07) is 14.6. The molecule has 6 heteroatoms. The van der Waals surface area contributed by atoms with Crippen molar-refractivity contribution in [2.24, 2.45) is 0 Å². The molecular weight excluding hydrogens is 317 g/mol. The molecule has 0 saturated carbocycles. The third kappa shape index (κ3) is 3.96. The number of aromatic nitrogens is 2. The first kappa shape index (κ1) is 15.2. The molecule has 1 aromatic heterocycles. The Balaban J connectivity index is 1.67. The summed E-state index contributed by atoms with van der Waals surface area (Å²) >= 11 is 5.85. The Morgan fingerprint density at radius 3 is 2.70 bits per heavy atom. The van der Waals surface area contributed by atoms with Crippen molar-refractivity contribution in [3.8, 4) is 0 Å². The van der Waals surface area contributed by atoms with Gasteiger partial charge < -0.3 is 5.32 Å². The average molecular weight is 330 g/mol. The normalized spacial score (nSPS) is 10.5. The molecule has 0 atom stereocenters. The second-order valence-corrected chi connectivity index (χ2v) is 5.43. The van der Waals surface area contributed by atoms with E-state index in [-0.39, 0.29) is 5.56 Å². The third-order valence-corrected chi connectivity index (χ3v) is 3.48. The molecule has 1 N–H and O–H groups in total. The highest BCUT2D eigenvalue weighted by molar-refractivity contribution is 6.30. The summed E-state index contributed by atoms with van der Waals surface area (Å²) < 4.78 is 14.8. The number of halogens is 2. The highest BCUT2D eigenvalue weighted by atomic mass is 35.5. The lowest BCUT2D eigenvalue weighted by Crippen LogP contribution is -2.13. The van der Waals surface area contributed by atoms with Crippen LogP contribution in [0.15, 0.2) is 60.8 Å². The molecule has 3 aromatic rings. The van der Waals surface area contributed by atoms with Gasteiger partial charge in [-0.25, -0.2) is 4.39 Å². The second kappa shape index (κ2) is 6.62. The number of carbonyl (C=O) groups is 1. The van der Waals surface area contributed by atoms with Gasteiger partial charge in [-0.3, -0.25) is 9.48 Å². The molecule has 0 saturated heterocycles. The van der Waals surface area contributed by atoms with E-state index >= 15 is 0 Å². The summed E-state index contributed by atoms with van der Waals surface area (Å²) in [6.07, 6.45) is 1.76. The van der Waals surface area contributed by atoms with Crippen molar-refractivity contribution in [3.05, 3.63) is 82.8 Å². The van der Waals surface area contributed by atoms with Crippen LogP contribution in [0.3, 0.4) is 0 Å². The topological polar surface area (TPSA) is 46.9 Å². The maximum absolute atomic E-state index is 13.1. The van der Waals surface area contributed by atoms with E-state index in [1.54, 1.807) is 23.0 Å². The lowest BCUT2D eigenvalue weighted by atomic mass is 10.2. The Morgan fingerprint density at radius 1 is 1.17 bits per heavy atom. The summed E-state index contributed by atoms with van der Waals surface area (Å²) in [5, 5.41) is 7.59. The van der Waals surface area contributed by atoms with E-state index < -0.39 is 11.7 Å². The van der Waals surface area contributed by atoms with Crippen molar-refractivity contribution in [1.82, 2.24) is 9.78 Å². The van der Waals surface area contributed by atoms with Gasteiger partial charge in [-0.15, -0.1) is 0 Å². The van der Waals surface area contributed by atoms with E-state index in [0.29, 0.717) is 17.4 Å². The molecule has 4 nitrogen and oxygen atoms in total. The van der Waals surface area contributed by atoms with Gasteiger partial charge in [-0.1, -0.05) is 29.8 Å². The third-order valence-electron chi connectivity index (χ3n) is 3.23. The number of hydrogen-bond acceptors (Lipinski definition) is 2. The van der Waals surface area contributed by atoms with Crippen LogP contribution < -0.4 is 5.32 Å². The number of benzene rings is 2. The van der Waals surface area contributed by atoms with E-state index in [2.05, 4.69) is 10.4 Å². The molecule has 0 bridgehead atoms. The van der Waals surface area contributed by atoms with Crippen molar-refractivity contribution < 1.29 is 9.18 Å². The van der Waals surface area contributed by atoms with Crippen molar-refractivity contribution in [2.75, 3.05) is 5.32 Å². The molecular formula is C17H13ClFN3O. The van der Waals surface area contributed by atoms with Crippen LogP contribution in [0.25, 0.3) is 0 Å². The van der Waals surface area contributed by atoms with Crippen LogP contribution in [0.4, 0.5) is 10.2 Å². The first-order valence-electron chi connectivity index (χ1n) is 6.95. The number of amides is 1. The van der Waals surface area contributed by atoms with Gasteiger partial charge in [-0.05, 0) is 35.9 Å². The first-order chi connectivity index (χ1) is 11.1. The van der Waals surface area contributed by atoms with Crippen LogP contribution in [-0.2, 0) is 6.54 Å². The average Bonchev–Trinajstić information content (AvgIpc) is 2.96. The molecule has 1 amide bonds. The van der Waals surface area contributed by atoms with Gasteiger partial charge in [0, 0.05) is 22.8 Å². The summed E-state index contributed by atoms with van der Waals surface area (Å²) in [5.74, 6) is -0.444. The molecule has 0 fully saturated rings. The van der Waals surface area contributed by atoms with Gasteiger partial charge in [0.25, 0.3) is 5.91 Å². The molecule has 23 heavy (non-hydrogen) atoms. The maximum Gasteiger partial charge on any atom is 0.256 e. The number of nitrogens with zero attached hydrogens (tertiary/aromatic N) is 2. The molecule has 0 radical (unpaired) electrons. The van der Waals surface area contributed by atoms with Crippen LogP contribution in [0.2, 0.25) is 5.02 Å². The molecule has 116 valence electrons. The standard InChI is InChI=1S/C17H13ClFN3O/c18-14-6-4-12(5-7-14)11-22-9-8-16(21-22)20-17(23)13-2-1-3-15(19)10-13/h1-10H,11H2,(H,20,21,23). The zero-order valence-corrected chi connectivity index (χ0v) is 12.8. The van der Waals surface area contributed by atoms with Crippen molar-refractivity contribution in [3.63, 3.8) is 0 Å². The number of rotatable bonds is 4. The summed E-state index contributed by atoms with van der Waals surface area (Å²) in [6.45, 7) is 0.563. The fourth-order valence-electron chi connectivity index (χ4n) is 2.11. The molecule has 1 heterocycles. The van der Waals surface area contributed by atoms with Crippen LogP contribution in [-0.4, -0.2) is 15.7 Å². The fourth-order valence-corrected chi connectivity index (χ4v) is 2.24. The smallest absolute Gasteiger partial charge is 0.256 e. The van der Waals surface area contributed by atoms with Gasteiger partial charge in [0.05, 0.1) is 6.54 Å². The zero-order valence-electron chi connectivity index (χ0n) is 12.0. The lowest BCUT2D eigenvalue weighted by molar-refractivity contribution is 0.102. The van der Waals surface area contributed by atoms with E-state index in [1.807, 2.05) is 24.3 Å². The fraction of sp³-hybridized carbons (Fsp3) is 0.0588. The molecule has 0 unspecified atom stereocenters. The molecule has 2 aromatic carbocycles. The molecule has 0 aliphatic heterocycles. The van der Waals surface area contributed by atoms with Crippen LogP contribution in [0, 0.1) is 5.82 Å². The molecule has 3 rings (SSSR count). The first-order valence-corrected chi connectivity index (χ1v) is 7.33. The predicted octanol–water partition coefficient (Wildman–Crippen LogP) is 3.98. The Labute approximate surface area is 137 Å². The van der Waals surface area contributed by atoms with Crippen molar-refractivity contribution in [2.45, 2.75) is 6.54 Å². The van der Waals surface area contributed by atoms with Gasteiger partial charge in [0.1, 0.15) is 5.82 Å². The quantitative estimate of drug-likeness (QED) is 0.787. The summed E-state index contributed by atoms with van der Waals surface area (Å²) in [7, 11) is 0. The SMILES string of the molecule is O=C(Nc1ccn(Cc2ccc(Cl)cc2)n1)c1cccc(F)c1. The number of carbonyl (C=O) groups excluding carboxylic acids is 1. The number of nitrogens with one attached hydrogen (secondary N) is 1. The summed E-state index contributed by atoms with van der Waals surface area (Å²) in [5.41, 5.74) is 1.29. The van der Waals surface area contributed by atoms with E-state index in [4.69, 9.17) is 11.6 Å². The van der Waals surface area contributed by atoms with Crippen LogP contribution in [0.1, 0.15) is 15.9 Å². The molecule has 0 spiro atoms. The Morgan fingerprint density at radius 2 is 1.96 bits per heavy atom. The molecule has 0 aliphatic carbocycles. The largest absolute Gasteiger partial charge is 0.305 e. The van der Waals surface area contributed by atoms with Crippen molar-refractivity contribution in [1.29, 1.82) is 0 Å². The zero-order chi connectivity index (χ0) is 16.2. The van der Waals surface area contributed by atoms with E-state index in [1.165, 1.54) is 18.2 Å². The van der Waals surface area contributed by atoms with E-state index in [0.717, 1.165) is 5.56 Å². The maximum atomic E-state index is 13.1. The summed E-state index contributed by atoms with van der Waals surface area (Å²) in [4.78, 5) is 12.0. The number of anilines is 1. The lowest BCUT2D eigenvalue weighted by Gasteiger charge is -2.03. The Hall–Kier alpha value is -2.66. The predicted molar refractivity (Wildman–Crippen MR) is 87.1 cm³/mol. The Bertz CT molecular complexity index is 830.